The van der Waals surface area contributed by atoms with Gasteiger partial charge in [0.2, 0.25) is 0 Å². The maximum Gasteiger partial charge on any atom is 0.307 e. The second-order valence-electron chi connectivity index (χ2n) is 9.26. The number of halogens is 1. The molecule has 0 radical (unpaired) electrons. The molecule has 0 spiro atoms. The molecular formula is C20H28FNO3. The zero-order valence-corrected chi connectivity index (χ0v) is 15.3. The molecule has 3 saturated carbocycles. The lowest BCUT2D eigenvalue weighted by molar-refractivity contribution is -0.153. The fourth-order valence-electron chi connectivity index (χ4n) is 7.24. The number of hydrogen-bond acceptors (Lipinski definition) is 2. The van der Waals surface area contributed by atoms with Crippen LogP contribution in [0.3, 0.4) is 0 Å². The first-order chi connectivity index (χ1) is 11.7. The first-order valence-electron chi connectivity index (χ1n) is 9.58. The lowest BCUT2D eigenvalue weighted by Crippen LogP contribution is -2.60. The molecule has 5 heteroatoms. The van der Waals surface area contributed by atoms with Crippen molar-refractivity contribution in [1.82, 2.24) is 4.90 Å². The zero-order valence-electron chi connectivity index (χ0n) is 15.3. The van der Waals surface area contributed by atoms with Crippen LogP contribution in [0.1, 0.15) is 52.4 Å². The van der Waals surface area contributed by atoms with E-state index in [1.165, 1.54) is 0 Å². The fraction of sp³-hybridized carbons (Fsp3) is 0.800. The van der Waals surface area contributed by atoms with Crippen molar-refractivity contribution >= 4 is 11.9 Å². The second-order valence-corrected chi connectivity index (χ2v) is 9.26. The molecule has 1 heterocycles. The lowest BCUT2D eigenvalue weighted by Gasteiger charge is -2.60. The van der Waals surface area contributed by atoms with Crippen molar-refractivity contribution in [3.63, 3.8) is 0 Å². The van der Waals surface area contributed by atoms with Crippen molar-refractivity contribution in [3.05, 3.63) is 11.9 Å². The number of likely N-dealkylation sites (N-methyl/N-ethyl adjacent to an activating group) is 1. The first-order valence-corrected chi connectivity index (χ1v) is 9.58. The highest BCUT2D eigenvalue weighted by Crippen LogP contribution is 2.65. The van der Waals surface area contributed by atoms with Crippen LogP contribution in [-0.4, -0.2) is 35.0 Å². The summed E-state index contributed by atoms with van der Waals surface area (Å²) >= 11 is 0. The average molecular weight is 349 g/mol. The summed E-state index contributed by atoms with van der Waals surface area (Å²) in [6, 6.07) is 0.0572. The van der Waals surface area contributed by atoms with Gasteiger partial charge >= 0.3 is 5.97 Å². The van der Waals surface area contributed by atoms with Crippen molar-refractivity contribution in [3.8, 4) is 0 Å². The average Bonchev–Trinajstić information content (AvgIpc) is 2.90. The minimum absolute atomic E-state index is 0.0572. The zero-order chi connectivity index (χ0) is 18.1. The molecule has 3 fully saturated rings. The molecule has 25 heavy (non-hydrogen) atoms. The summed E-state index contributed by atoms with van der Waals surface area (Å²) in [5.41, 5.74) is -0.465. The van der Waals surface area contributed by atoms with Gasteiger partial charge in [0.05, 0.1) is 5.92 Å². The fourth-order valence-corrected chi connectivity index (χ4v) is 7.24. The predicted molar refractivity (Wildman–Crippen MR) is 91.3 cm³/mol. The highest BCUT2D eigenvalue weighted by Gasteiger charge is 2.62. The number of nitrogens with zero attached hydrogens (tertiary/aromatic N) is 1. The molecule has 0 aromatic carbocycles. The van der Waals surface area contributed by atoms with E-state index in [0.717, 1.165) is 38.5 Å². The maximum absolute atomic E-state index is 14.3. The Morgan fingerprint density at radius 1 is 1.20 bits per heavy atom. The van der Waals surface area contributed by atoms with Gasteiger partial charge in [0.1, 0.15) is 0 Å². The molecule has 0 aromatic rings. The van der Waals surface area contributed by atoms with Gasteiger partial charge in [-0.25, -0.2) is 4.39 Å². The van der Waals surface area contributed by atoms with Crippen molar-refractivity contribution < 1.29 is 19.1 Å². The van der Waals surface area contributed by atoms with Crippen LogP contribution in [-0.2, 0) is 9.59 Å². The van der Waals surface area contributed by atoms with Crippen LogP contribution in [0.4, 0.5) is 4.39 Å². The molecule has 3 aliphatic carbocycles. The summed E-state index contributed by atoms with van der Waals surface area (Å²) in [5.74, 6) is -0.833. The molecule has 4 aliphatic rings. The summed E-state index contributed by atoms with van der Waals surface area (Å²) < 4.78 is 14.3. The molecule has 1 unspecified atom stereocenters. The molecule has 0 saturated heterocycles. The molecule has 1 amide bonds. The molecule has 1 N–H and O–H groups in total. The van der Waals surface area contributed by atoms with Crippen LogP contribution in [0, 0.1) is 34.5 Å². The first kappa shape index (κ1) is 17.0. The third kappa shape index (κ3) is 2.10. The molecule has 0 aromatic heterocycles. The number of hydrogen-bond donors (Lipinski definition) is 1. The lowest BCUT2D eigenvalue weighted by atomic mass is 9.47. The van der Waals surface area contributed by atoms with Gasteiger partial charge in [-0.1, -0.05) is 13.8 Å². The summed E-state index contributed by atoms with van der Waals surface area (Å²) in [6.45, 7) is 4.28. The molecule has 7 atom stereocenters. The number of amides is 1. The van der Waals surface area contributed by atoms with Crippen LogP contribution in [0.15, 0.2) is 11.9 Å². The number of rotatable bonds is 1. The summed E-state index contributed by atoms with van der Waals surface area (Å²) in [5, 5.41) is 9.65. The molecule has 4 rings (SSSR count). The van der Waals surface area contributed by atoms with E-state index in [-0.39, 0.29) is 22.8 Å². The Hall–Kier alpha value is -1.39. The van der Waals surface area contributed by atoms with E-state index in [0.29, 0.717) is 17.8 Å². The normalized spacial score (nSPS) is 49.1. The summed E-state index contributed by atoms with van der Waals surface area (Å²) in [6.07, 6.45) is 7.06. The van der Waals surface area contributed by atoms with Crippen LogP contribution < -0.4 is 0 Å². The minimum atomic E-state index is -0.655. The van der Waals surface area contributed by atoms with Crippen LogP contribution in [0.5, 0.6) is 0 Å². The number of carboxylic acids is 1. The Kier molecular flexibility index (Phi) is 3.62. The highest BCUT2D eigenvalue weighted by molar-refractivity contribution is 5.92. The Morgan fingerprint density at radius 3 is 2.60 bits per heavy atom. The van der Waals surface area contributed by atoms with Crippen LogP contribution in [0.2, 0.25) is 0 Å². The Labute approximate surface area is 148 Å². The van der Waals surface area contributed by atoms with Crippen molar-refractivity contribution in [2.24, 2.45) is 34.5 Å². The number of aliphatic carboxylic acids is 1. The van der Waals surface area contributed by atoms with Gasteiger partial charge in [0, 0.05) is 18.5 Å². The molecule has 4 nitrogen and oxygen atoms in total. The van der Waals surface area contributed by atoms with E-state index < -0.39 is 17.7 Å². The van der Waals surface area contributed by atoms with Crippen molar-refractivity contribution in [2.45, 2.75) is 58.4 Å². The number of fused-ring (bicyclic) bond motifs is 5. The van der Waals surface area contributed by atoms with Crippen LogP contribution >= 0.6 is 0 Å². The number of carboxylic acid groups (broad SMARTS) is 1. The maximum atomic E-state index is 14.3. The van der Waals surface area contributed by atoms with Crippen molar-refractivity contribution in [1.29, 1.82) is 0 Å². The molecule has 1 aliphatic heterocycles. The second kappa shape index (κ2) is 5.31. The van der Waals surface area contributed by atoms with Gasteiger partial charge in [-0.15, -0.1) is 0 Å². The Morgan fingerprint density at radius 2 is 1.92 bits per heavy atom. The van der Waals surface area contributed by atoms with E-state index in [1.807, 2.05) is 0 Å². The third-order valence-electron chi connectivity index (χ3n) is 8.46. The largest absolute Gasteiger partial charge is 0.481 e. The van der Waals surface area contributed by atoms with Crippen molar-refractivity contribution in [2.75, 3.05) is 7.05 Å². The van der Waals surface area contributed by atoms with E-state index in [2.05, 4.69) is 13.8 Å². The monoisotopic (exact) mass is 349 g/mol. The van der Waals surface area contributed by atoms with Gasteiger partial charge in [-0.2, -0.15) is 0 Å². The smallest absolute Gasteiger partial charge is 0.307 e. The van der Waals surface area contributed by atoms with E-state index >= 15 is 0 Å². The molecule has 0 bridgehead atoms. The minimum Gasteiger partial charge on any atom is -0.481 e. The predicted octanol–water partition coefficient (Wildman–Crippen LogP) is 3.62. The topological polar surface area (TPSA) is 57.6 Å². The standard InChI is InChI=1S/C20H28FNO3/c1-19-9-8-13-11(12(19)5-6-14(19)18(24)25)4-7-16-20(13,2)10-15(21)17(23)22(16)3/h10-14,16H,4-9H2,1-3H3,(H,24,25)/t11-,12-,13?,14+,16+,19-,20+/m0/s1. The molecular weight excluding hydrogens is 321 g/mol. The van der Waals surface area contributed by atoms with Gasteiger partial charge in [-0.05, 0) is 67.8 Å². The summed E-state index contributed by atoms with van der Waals surface area (Å²) in [7, 11) is 1.72. The summed E-state index contributed by atoms with van der Waals surface area (Å²) in [4.78, 5) is 25.4. The quantitative estimate of drug-likeness (QED) is 0.786. The van der Waals surface area contributed by atoms with Crippen LogP contribution in [0.25, 0.3) is 0 Å². The van der Waals surface area contributed by atoms with E-state index in [4.69, 9.17) is 0 Å². The Bertz CT molecular complexity index is 661. The SMILES string of the molecule is CN1C(=O)C(F)=C[C@]2(C)C3CC[C@]4(C)[C@@H](C(=O)O)CC[C@H]4[C@@H]3CC[C@@H]12. The third-order valence-corrected chi connectivity index (χ3v) is 8.46. The van der Waals surface area contributed by atoms with Gasteiger partial charge in [-0.3, -0.25) is 9.59 Å². The highest BCUT2D eigenvalue weighted by atomic mass is 19.1. The number of carbonyl (C=O) groups is 2. The molecule has 138 valence electrons. The van der Waals surface area contributed by atoms with Gasteiger partial charge in [0.15, 0.2) is 5.83 Å². The van der Waals surface area contributed by atoms with Gasteiger partial charge < -0.3 is 10.0 Å². The van der Waals surface area contributed by atoms with E-state index in [9.17, 15) is 19.1 Å². The number of carbonyl (C=O) groups excluding carboxylic acids is 1. The van der Waals surface area contributed by atoms with E-state index in [1.54, 1.807) is 18.0 Å². The Balaban J connectivity index is 1.70. The van der Waals surface area contributed by atoms with Gasteiger partial charge in [0.25, 0.3) is 5.91 Å².